The van der Waals surface area contributed by atoms with Crippen LogP contribution in [0.3, 0.4) is 0 Å². The van der Waals surface area contributed by atoms with Gasteiger partial charge in [-0.3, -0.25) is 4.79 Å². The van der Waals surface area contributed by atoms with Crippen LogP contribution < -0.4 is 0 Å². The normalized spacial score (nSPS) is 12.2. The van der Waals surface area contributed by atoms with Crippen LogP contribution >= 0.6 is 11.3 Å². The molecule has 24 heavy (non-hydrogen) atoms. The first-order chi connectivity index (χ1) is 11.5. The van der Waals surface area contributed by atoms with E-state index in [1.807, 2.05) is 51.1 Å². The Morgan fingerprint density at radius 2 is 1.96 bits per heavy atom. The Morgan fingerprint density at radius 1 is 1.25 bits per heavy atom. The summed E-state index contributed by atoms with van der Waals surface area (Å²) in [6, 6.07) is 11.2. The number of hydrogen-bond acceptors (Lipinski definition) is 5. The Labute approximate surface area is 144 Å². The summed E-state index contributed by atoms with van der Waals surface area (Å²) >= 11 is 1.64. The number of thiazole rings is 1. The van der Waals surface area contributed by atoms with Crippen LogP contribution in [0.25, 0.3) is 11.3 Å². The number of carbonyl (C=O) groups excluding carboxylic acids is 1. The lowest BCUT2D eigenvalue weighted by Crippen LogP contribution is -2.30. The van der Waals surface area contributed by atoms with Crippen molar-refractivity contribution in [2.24, 2.45) is 0 Å². The molecule has 0 saturated carbocycles. The Balaban J connectivity index is 1.81. The summed E-state index contributed by atoms with van der Waals surface area (Å²) in [6.45, 7) is 5.97. The first kappa shape index (κ1) is 16.4. The van der Waals surface area contributed by atoms with Gasteiger partial charge >= 0.3 is 0 Å². The van der Waals surface area contributed by atoms with Gasteiger partial charge in [0, 0.05) is 23.6 Å². The second-order valence-corrected chi connectivity index (χ2v) is 7.12. The van der Waals surface area contributed by atoms with Gasteiger partial charge < -0.3 is 9.42 Å². The summed E-state index contributed by atoms with van der Waals surface area (Å²) < 4.78 is 5.32. The lowest BCUT2D eigenvalue weighted by atomic mass is 10.1. The zero-order valence-corrected chi connectivity index (χ0v) is 14.9. The molecule has 0 fully saturated rings. The molecule has 0 aliphatic carbocycles. The maximum absolute atomic E-state index is 12.7. The first-order valence-corrected chi connectivity index (χ1v) is 8.52. The minimum atomic E-state index is -0.182. The summed E-state index contributed by atoms with van der Waals surface area (Å²) in [7, 11) is 1.76. The van der Waals surface area contributed by atoms with Crippen molar-refractivity contribution < 1.29 is 9.32 Å². The predicted molar refractivity (Wildman–Crippen MR) is 94.0 cm³/mol. The summed E-state index contributed by atoms with van der Waals surface area (Å²) in [5, 5.41) is 4.94. The van der Waals surface area contributed by atoms with Gasteiger partial charge in [-0.1, -0.05) is 35.5 Å². The second kappa shape index (κ2) is 6.57. The molecule has 6 heteroatoms. The van der Waals surface area contributed by atoms with E-state index >= 15 is 0 Å². The third kappa shape index (κ3) is 3.10. The van der Waals surface area contributed by atoms with Gasteiger partial charge in [-0.25, -0.2) is 4.98 Å². The first-order valence-electron chi connectivity index (χ1n) is 7.70. The molecular formula is C18H19N3O2S. The van der Waals surface area contributed by atoms with Gasteiger partial charge in [0.25, 0.3) is 5.91 Å². The highest BCUT2D eigenvalue weighted by Gasteiger charge is 2.25. The minimum Gasteiger partial charge on any atom is -0.355 e. The molecule has 3 rings (SSSR count). The van der Waals surface area contributed by atoms with Crippen LogP contribution in [0.2, 0.25) is 0 Å². The minimum absolute atomic E-state index is 0.126. The molecule has 0 spiro atoms. The van der Waals surface area contributed by atoms with Crippen LogP contribution in [-0.2, 0) is 0 Å². The number of aromatic nitrogens is 2. The highest BCUT2D eigenvalue weighted by atomic mass is 32.1. The highest BCUT2D eigenvalue weighted by Crippen LogP contribution is 2.27. The summed E-state index contributed by atoms with van der Waals surface area (Å²) in [5.74, 6) is 0.402. The van der Waals surface area contributed by atoms with Gasteiger partial charge in [0.2, 0.25) is 0 Å². The molecule has 1 aromatic carbocycles. The molecule has 1 unspecified atom stereocenters. The molecule has 0 radical (unpaired) electrons. The van der Waals surface area contributed by atoms with Gasteiger partial charge in [-0.2, -0.15) is 0 Å². The van der Waals surface area contributed by atoms with E-state index in [1.165, 1.54) is 0 Å². The molecule has 3 aromatic rings. The zero-order valence-electron chi connectivity index (χ0n) is 14.1. The number of rotatable bonds is 4. The van der Waals surface area contributed by atoms with Crippen molar-refractivity contribution in [1.82, 2.24) is 15.0 Å². The molecule has 0 aliphatic rings. The summed E-state index contributed by atoms with van der Waals surface area (Å²) in [4.78, 5) is 20.0. The fourth-order valence-corrected chi connectivity index (χ4v) is 3.49. The monoisotopic (exact) mass is 341 g/mol. The van der Waals surface area contributed by atoms with E-state index in [9.17, 15) is 4.79 Å². The van der Waals surface area contributed by atoms with Crippen molar-refractivity contribution >= 4 is 17.2 Å². The third-order valence-corrected chi connectivity index (χ3v) is 4.93. The summed E-state index contributed by atoms with van der Waals surface area (Å²) in [5.41, 5.74) is 2.12. The number of amides is 1. The maximum atomic E-state index is 12.7. The Morgan fingerprint density at radius 3 is 2.58 bits per heavy atom. The molecule has 0 bridgehead atoms. The largest absolute Gasteiger partial charge is 0.355 e. The van der Waals surface area contributed by atoms with E-state index in [2.05, 4.69) is 10.1 Å². The van der Waals surface area contributed by atoms with E-state index in [0.717, 1.165) is 21.1 Å². The van der Waals surface area contributed by atoms with Crippen LogP contribution in [0.4, 0.5) is 0 Å². The van der Waals surface area contributed by atoms with E-state index in [-0.39, 0.29) is 11.9 Å². The molecule has 0 aliphatic heterocycles. The zero-order chi connectivity index (χ0) is 17.3. The fourth-order valence-electron chi connectivity index (χ4n) is 2.59. The fraction of sp³-hybridized carbons (Fsp3) is 0.278. The molecule has 1 atom stereocenters. The number of carbonyl (C=O) groups is 1. The number of benzene rings is 1. The van der Waals surface area contributed by atoms with Gasteiger partial charge in [-0.05, 0) is 20.8 Å². The molecule has 124 valence electrons. The van der Waals surface area contributed by atoms with Crippen molar-refractivity contribution in [3.63, 3.8) is 0 Å². The van der Waals surface area contributed by atoms with Crippen molar-refractivity contribution in [3.05, 3.63) is 57.7 Å². The molecule has 0 N–H and O–H groups in total. The molecule has 5 nitrogen and oxygen atoms in total. The van der Waals surface area contributed by atoms with E-state index in [1.54, 1.807) is 29.4 Å². The van der Waals surface area contributed by atoms with Crippen LogP contribution in [-0.4, -0.2) is 28.0 Å². The average molecular weight is 341 g/mol. The average Bonchev–Trinajstić information content (AvgIpc) is 3.20. The topological polar surface area (TPSA) is 59.2 Å². The molecule has 1 amide bonds. The van der Waals surface area contributed by atoms with Gasteiger partial charge in [0.1, 0.15) is 0 Å². The predicted octanol–water partition coefficient (Wildman–Crippen LogP) is 4.25. The SMILES string of the molecule is Cc1nc(C(C)N(C)C(=O)c2cc(-c3ccccc3)on2)c(C)s1. The van der Waals surface area contributed by atoms with Crippen molar-refractivity contribution in [3.8, 4) is 11.3 Å². The molecule has 0 saturated heterocycles. The number of hydrogen-bond donors (Lipinski definition) is 0. The van der Waals surface area contributed by atoms with Crippen molar-refractivity contribution in [2.45, 2.75) is 26.8 Å². The summed E-state index contributed by atoms with van der Waals surface area (Å²) in [6.07, 6.45) is 0. The van der Waals surface area contributed by atoms with Crippen molar-refractivity contribution in [2.75, 3.05) is 7.05 Å². The lowest BCUT2D eigenvalue weighted by Gasteiger charge is -2.23. The van der Waals surface area contributed by atoms with Gasteiger partial charge in [-0.15, -0.1) is 11.3 Å². The van der Waals surface area contributed by atoms with E-state index in [0.29, 0.717) is 11.5 Å². The molecular weight excluding hydrogens is 322 g/mol. The van der Waals surface area contributed by atoms with E-state index in [4.69, 9.17) is 4.52 Å². The van der Waals surface area contributed by atoms with E-state index < -0.39 is 0 Å². The molecule has 2 heterocycles. The Bertz CT molecular complexity index is 854. The van der Waals surface area contributed by atoms with Crippen LogP contribution in [0.1, 0.15) is 39.0 Å². The Hall–Kier alpha value is -2.47. The number of aryl methyl sites for hydroxylation is 2. The lowest BCUT2D eigenvalue weighted by molar-refractivity contribution is 0.0729. The highest BCUT2D eigenvalue weighted by molar-refractivity contribution is 7.11. The second-order valence-electron chi connectivity index (χ2n) is 5.71. The van der Waals surface area contributed by atoms with Gasteiger partial charge in [0.15, 0.2) is 11.5 Å². The van der Waals surface area contributed by atoms with Crippen molar-refractivity contribution in [1.29, 1.82) is 0 Å². The maximum Gasteiger partial charge on any atom is 0.276 e. The quantitative estimate of drug-likeness (QED) is 0.712. The smallest absolute Gasteiger partial charge is 0.276 e. The molecule has 2 aromatic heterocycles. The third-order valence-electron chi connectivity index (χ3n) is 4.02. The van der Waals surface area contributed by atoms with Crippen LogP contribution in [0.15, 0.2) is 40.9 Å². The Kier molecular flexibility index (Phi) is 4.49. The number of nitrogens with zero attached hydrogens (tertiary/aromatic N) is 3. The van der Waals surface area contributed by atoms with Gasteiger partial charge in [0.05, 0.1) is 16.7 Å². The standard InChI is InChI=1S/C18H19N3O2S/c1-11(17-12(2)24-13(3)19-17)21(4)18(22)15-10-16(23-20-15)14-8-6-5-7-9-14/h5-11H,1-4H3. The van der Waals surface area contributed by atoms with Crippen LogP contribution in [0, 0.1) is 13.8 Å². The van der Waals surface area contributed by atoms with Crippen LogP contribution in [0.5, 0.6) is 0 Å².